The molecule has 0 radical (unpaired) electrons. The third kappa shape index (κ3) is 2.28. The highest BCUT2D eigenvalue weighted by molar-refractivity contribution is 5.93. The number of nitrogens with one attached hydrogen (secondary N) is 1. The molecular formula is C15H15NO4. The second-order valence-corrected chi connectivity index (χ2v) is 4.82. The van der Waals surface area contributed by atoms with Crippen molar-refractivity contribution >= 4 is 5.91 Å². The largest absolute Gasteiger partial charge is 0.493 e. The van der Waals surface area contributed by atoms with Crippen molar-refractivity contribution in [2.45, 2.75) is 12.0 Å². The molecule has 2 heterocycles. The van der Waals surface area contributed by atoms with Crippen LogP contribution in [0.2, 0.25) is 0 Å². The number of benzene rings is 1. The quantitative estimate of drug-likeness (QED) is 0.892. The van der Waals surface area contributed by atoms with Gasteiger partial charge in [0.15, 0.2) is 0 Å². The molecule has 0 fully saturated rings. The lowest BCUT2D eigenvalue weighted by atomic mass is 9.88. The molecule has 0 aliphatic carbocycles. The van der Waals surface area contributed by atoms with Gasteiger partial charge in [-0.05, 0) is 12.1 Å². The van der Waals surface area contributed by atoms with E-state index in [1.165, 1.54) is 12.5 Å². The van der Waals surface area contributed by atoms with Crippen LogP contribution in [0.25, 0.3) is 0 Å². The summed E-state index contributed by atoms with van der Waals surface area (Å²) in [6.45, 7) is 0.562. The molecule has 3 rings (SSSR count). The topological polar surface area (TPSA) is 71.7 Å². The fraction of sp³-hybridized carbons (Fsp3) is 0.267. The van der Waals surface area contributed by atoms with Gasteiger partial charge >= 0.3 is 0 Å². The van der Waals surface area contributed by atoms with Gasteiger partial charge in [0.1, 0.15) is 17.6 Å². The van der Waals surface area contributed by atoms with Crippen molar-refractivity contribution in [2.24, 2.45) is 0 Å². The summed E-state index contributed by atoms with van der Waals surface area (Å²) < 4.78 is 10.4. The summed E-state index contributed by atoms with van der Waals surface area (Å²) in [7, 11) is 0. The van der Waals surface area contributed by atoms with E-state index in [0.29, 0.717) is 29.9 Å². The highest BCUT2D eigenvalue weighted by Gasteiger charge is 2.35. The molecule has 1 aromatic heterocycles. The van der Waals surface area contributed by atoms with Gasteiger partial charge in [-0.25, -0.2) is 0 Å². The summed E-state index contributed by atoms with van der Waals surface area (Å²) in [5.41, 5.74) is 0.0431. The van der Waals surface area contributed by atoms with Crippen molar-refractivity contribution in [2.75, 3.05) is 13.2 Å². The van der Waals surface area contributed by atoms with E-state index in [9.17, 15) is 9.90 Å². The highest BCUT2D eigenvalue weighted by Crippen LogP contribution is 2.36. The first kappa shape index (κ1) is 12.7. The zero-order chi connectivity index (χ0) is 14.0. The zero-order valence-corrected chi connectivity index (χ0v) is 10.8. The van der Waals surface area contributed by atoms with Crippen LogP contribution < -0.4 is 10.1 Å². The Morgan fingerprint density at radius 1 is 1.35 bits per heavy atom. The van der Waals surface area contributed by atoms with Crippen LogP contribution in [0.15, 0.2) is 47.3 Å². The number of furan rings is 1. The van der Waals surface area contributed by atoms with Crippen LogP contribution in [0.5, 0.6) is 5.75 Å². The van der Waals surface area contributed by atoms with E-state index in [1.807, 2.05) is 24.3 Å². The molecule has 1 aliphatic heterocycles. The minimum atomic E-state index is -1.10. The van der Waals surface area contributed by atoms with Crippen molar-refractivity contribution in [3.8, 4) is 5.75 Å². The molecule has 1 aliphatic rings. The normalized spacial score (nSPS) is 20.9. The molecule has 0 unspecified atom stereocenters. The second kappa shape index (κ2) is 5.02. The number of hydrogen-bond acceptors (Lipinski definition) is 4. The lowest BCUT2D eigenvalue weighted by molar-refractivity contribution is -0.00161. The van der Waals surface area contributed by atoms with Crippen LogP contribution in [0.3, 0.4) is 0 Å². The first-order valence-corrected chi connectivity index (χ1v) is 6.44. The van der Waals surface area contributed by atoms with E-state index in [-0.39, 0.29) is 12.5 Å². The molecule has 0 bridgehead atoms. The van der Waals surface area contributed by atoms with Gasteiger partial charge in [-0.3, -0.25) is 4.79 Å². The predicted molar refractivity (Wildman–Crippen MR) is 71.5 cm³/mol. The number of rotatable bonds is 3. The van der Waals surface area contributed by atoms with Gasteiger partial charge in [0.2, 0.25) is 0 Å². The Labute approximate surface area is 116 Å². The van der Waals surface area contributed by atoms with Crippen LogP contribution in [-0.2, 0) is 5.60 Å². The van der Waals surface area contributed by atoms with Gasteiger partial charge in [-0.2, -0.15) is 0 Å². The molecule has 2 N–H and O–H groups in total. The monoisotopic (exact) mass is 273 g/mol. The molecule has 0 saturated carbocycles. The number of aliphatic hydroxyl groups is 1. The molecule has 104 valence electrons. The maximum atomic E-state index is 11.9. The van der Waals surface area contributed by atoms with Gasteiger partial charge in [-0.15, -0.1) is 0 Å². The lowest BCUT2D eigenvalue weighted by Crippen LogP contribution is -2.43. The Morgan fingerprint density at radius 3 is 3.00 bits per heavy atom. The summed E-state index contributed by atoms with van der Waals surface area (Å²) in [5.74, 6) is 0.398. The molecule has 20 heavy (non-hydrogen) atoms. The SMILES string of the molecule is O=C(NC[C@]1(O)CCOc2ccccc21)c1ccoc1. The predicted octanol–water partition coefficient (Wildman–Crippen LogP) is 1.68. The fourth-order valence-electron chi connectivity index (χ4n) is 2.35. The molecule has 1 amide bonds. The fourth-order valence-corrected chi connectivity index (χ4v) is 2.35. The molecule has 2 aromatic rings. The summed E-state index contributed by atoms with van der Waals surface area (Å²) >= 11 is 0. The molecule has 1 aromatic carbocycles. The number of ether oxygens (including phenoxy) is 1. The summed E-state index contributed by atoms with van der Waals surface area (Å²) in [4.78, 5) is 11.9. The molecular weight excluding hydrogens is 258 g/mol. The first-order valence-electron chi connectivity index (χ1n) is 6.44. The van der Waals surface area contributed by atoms with E-state index >= 15 is 0 Å². The minimum absolute atomic E-state index is 0.136. The zero-order valence-electron chi connectivity index (χ0n) is 10.8. The smallest absolute Gasteiger partial charge is 0.254 e. The lowest BCUT2D eigenvalue weighted by Gasteiger charge is -2.34. The number of hydrogen-bond donors (Lipinski definition) is 2. The van der Waals surface area contributed by atoms with Gasteiger partial charge in [0, 0.05) is 12.0 Å². The van der Waals surface area contributed by atoms with Crippen molar-refractivity contribution in [3.05, 3.63) is 54.0 Å². The molecule has 0 saturated heterocycles. The van der Waals surface area contributed by atoms with Crippen LogP contribution in [0, 0.1) is 0 Å². The average molecular weight is 273 g/mol. The van der Waals surface area contributed by atoms with Gasteiger partial charge in [0.05, 0.1) is 25.0 Å². The van der Waals surface area contributed by atoms with E-state index in [4.69, 9.17) is 9.15 Å². The van der Waals surface area contributed by atoms with Crippen molar-refractivity contribution in [1.82, 2.24) is 5.32 Å². The molecule has 0 spiro atoms. The van der Waals surface area contributed by atoms with Crippen LogP contribution in [-0.4, -0.2) is 24.2 Å². The van der Waals surface area contributed by atoms with Crippen LogP contribution in [0.1, 0.15) is 22.3 Å². The maximum Gasteiger partial charge on any atom is 0.254 e. The van der Waals surface area contributed by atoms with Gasteiger partial charge in [0.25, 0.3) is 5.91 Å². The Bertz CT molecular complexity index is 608. The third-order valence-corrected chi connectivity index (χ3v) is 3.49. The van der Waals surface area contributed by atoms with E-state index in [1.54, 1.807) is 6.07 Å². The van der Waals surface area contributed by atoms with E-state index in [2.05, 4.69) is 5.32 Å². The Balaban J connectivity index is 1.76. The molecule has 1 atom stereocenters. The van der Waals surface area contributed by atoms with E-state index < -0.39 is 5.60 Å². The number of carbonyl (C=O) groups excluding carboxylic acids is 1. The molecule has 5 heteroatoms. The number of fused-ring (bicyclic) bond motifs is 1. The minimum Gasteiger partial charge on any atom is -0.493 e. The first-order chi connectivity index (χ1) is 9.69. The van der Waals surface area contributed by atoms with Crippen LogP contribution >= 0.6 is 0 Å². The Kier molecular flexibility index (Phi) is 3.20. The van der Waals surface area contributed by atoms with Crippen molar-refractivity contribution in [3.63, 3.8) is 0 Å². The van der Waals surface area contributed by atoms with Crippen molar-refractivity contribution < 1.29 is 19.1 Å². The number of para-hydroxylation sites is 1. The maximum absolute atomic E-state index is 11.9. The van der Waals surface area contributed by atoms with Crippen molar-refractivity contribution in [1.29, 1.82) is 0 Å². The third-order valence-electron chi connectivity index (χ3n) is 3.49. The van der Waals surface area contributed by atoms with Gasteiger partial charge in [-0.1, -0.05) is 18.2 Å². The Hall–Kier alpha value is -2.27. The van der Waals surface area contributed by atoms with Gasteiger partial charge < -0.3 is 19.6 Å². The summed E-state index contributed by atoms with van der Waals surface area (Å²) in [5, 5.41) is 13.5. The summed E-state index contributed by atoms with van der Waals surface area (Å²) in [6.07, 6.45) is 3.25. The molecule has 5 nitrogen and oxygen atoms in total. The van der Waals surface area contributed by atoms with E-state index in [0.717, 1.165) is 0 Å². The standard InChI is InChI=1S/C15H15NO4/c17-14(11-5-7-19-9-11)16-10-15(18)6-8-20-13-4-2-1-3-12(13)15/h1-5,7,9,18H,6,8,10H2,(H,16,17)/t15-/m1/s1. The second-order valence-electron chi connectivity index (χ2n) is 4.82. The number of amides is 1. The van der Waals surface area contributed by atoms with Crippen LogP contribution in [0.4, 0.5) is 0 Å². The summed E-state index contributed by atoms with van der Waals surface area (Å²) in [6, 6.07) is 8.91. The average Bonchev–Trinajstić information content (AvgIpc) is 3.00. The Morgan fingerprint density at radius 2 is 2.20 bits per heavy atom. The highest BCUT2D eigenvalue weighted by atomic mass is 16.5. The number of carbonyl (C=O) groups is 1.